The van der Waals surface area contributed by atoms with Crippen LogP contribution in [-0.2, 0) is 14.8 Å². The zero-order valence-corrected chi connectivity index (χ0v) is 17.4. The highest BCUT2D eigenvalue weighted by atomic mass is 32.2. The van der Waals surface area contributed by atoms with E-state index >= 15 is 0 Å². The van der Waals surface area contributed by atoms with Gasteiger partial charge in [-0.25, -0.2) is 26.5 Å². The molecule has 1 heterocycles. The van der Waals surface area contributed by atoms with Gasteiger partial charge in [-0.1, -0.05) is 17.4 Å². The van der Waals surface area contributed by atoms with Crippen LogP contribution in [0.15, 0.2) is 41.3 Å². The molecule has 0 aliphatic carbocycles. The minimum Gasteiger partial charge on any atom is -0.343 e. The molecule has 0 unspecified atom stereocenters. The molecule has 0 aliphatic rings. The summed E-state index contributed by atoms with van der Waals surface area (Å²) in [7, 11) is -0.966. The zero-order chi connectivity index (χ0) is 22.1. The fourth-order valence-electron chi connectivity index (χ4n) is 2.41. The molecule has 0 bridgehead atoms. The normalized spacial score (nSPS) is 11.6. The highest BCUT2D eigenvalue weighted by Gasteiger charge is 2.19. The fourth-order valence-corrected chi connectivity index (χ4v) is 4.25. The molecular weight excluding hydrogens is 438 g/mol. The maximum Gasteiger partial charge on any atom is 0.251 e. The van der Waals surface area contributed by atoms with Crippen LogP contribution in [0.25, 0.3) is 10.2 Å². The largest absolute Gasteiger partial charge is 0.343 e. The maximum atomic E-state index is 13.3. The Bertz CT molecular complexity index is 1200. The van der Waals surface area contributed by atoms with Gasteiger partial charge in [0, 0.05) is 25.7 Å². The van der Waals surface area contributed by atoms with E-state index in [-0.39, 0.29) is 21.1 Å². The van der Waals surface area contributed by atoms with Gasteiger partial charge >= 0.3 is 0 Å². The summed E-state index contributed by atoms with van der Waals surface area (Å²) in [4.78, 5) is 28.3. The summed E-state index contributed by atoms with van der Waals surface area (Å²) in [5.41, 5.74) is 0.258. The number of anilines is 1. The molecule has 2 aromatic carbocycles. The first-order chi connectivity index (χ1) is 14.1. The van der Waals surface area contributed by atoms with Crippen LogP contribution in [-0.4, -0.2) is 50.2 Å². The van der Waals surface area contributed by atoms with E-state index in [1.807, 2.05) is 0 Å². The molecule has 0 saturated carbocycles. The third-order valence-corrected chi connectivity index (χ3v) is 6.71. The van der Waals surface area contributed by atoms with Gasteiger partial charge in [-0.3, -0.25) is 9.59 Å². The van der Waals surface area contributed by atoms with Crippen molar-refractivity contribution >= 4 is 48.5 Å². The number of nitrogens with one attached hydrogen (secondary N) is 2. The van der Waals surface area contributed by atoms with Crippen LogP contribution in [0.1, 0.15) is 10.4 Å². The number of thiazole rings is 1. The number of sulfonamides is 1. The number of halogens is 2. The quantitative estimate of drug-likeness (QED) is 0.594. The molecule has 12 heteroatoms. The molecular formula is C18H16F2N4O4S2. The monoisotopic (exact) mass is 454 g/mol. The summed E-state index contributed by atoms with van der Waals surface area (Å²) in [5.74, 6) is -3.32. The first-order valence-electron chi connectivity index (χ1n) is 8.44. The molecule has 8 nitrogen and oxygen atoms in total. The van der Waals surface area contributed by atoms with E-state index in [9.17, 15) is 26.8 Å². The average Bonchev–Trinajstić information content (AvgIpc) is 3.07. The van der Waals surface area contributed by atoms with Crippen LogP contribution in [0.2, 0.25) is 0 Å². The van der Waals surface area contributed by atoms with E-state index in [1.165, 1.54) is 38.4 Å². The second kappa shape index (κ2) is 8.42. The molecule has 30 heavy (non-hydrogen) atoms. The minimum absolute atomic E-state index is 0.0569. The number of benzene rings is 2. The molecule has 3 aromatic rings. The molecule has 158 valence electrons. The Labute approximate surface area is 174 Å². The summed E-state index contributed by atoms with van der Waals surface area (Å²) in [6.07, 6.45) is 0. The third-order valence-electron chi connectivity index (χ3n) is 3.96. The minimum atomic E-state index is -3.71. The van der Waals surface area contributed by atoms with Crippen LogP contribution in [0.5, 0.6) is 0 Å². The summed E-state index contributed by atoms with van der Waals surface area (Å²) in [6.45, 7) is -0.415. The van der Waals surface area contributed by atoms with E-state index in [2.05, 4.69) is 15.6 Å². The number of nitrogens with zero attached hydrogens (tertiary/aromatic N) is 2. The standard InChI is InChI=1S/C18H16F2N4O4S2/c1-24(2)30(27,28)11-5-3-4-10(6-11)17(26)21-9-16(25)23-18-22-14-7-12(19)13(20)8-15(14)29-18/h3-8H,9H2,1-2H3,(H,21,26)(H,22,23,25). The Balaban J connectivity index is 1.64. The smallest absolute Gasteiger partial charge is 0.251 e. The number of carbonyl (C=O) groups excluding carboxylic acids is 2. The lowest BCUT2D eigenvalue weighted by Gasteiger charge is -2.12. The Kier molecular flexibility index (Phi) is 6.10. The second-order valence-electron chi connectivity index (χ2n) is 6.30. The van der Waals surface area contributed by atoms with Crippen molar-refractivity contribution < 1.29 is 26.8 Å². The first-order valence-corrected chi connectivity index (χ1v) is 10.7. The van der Waals surface area contributed by atoms with Gasteiger partial charge in [-0.05, 0) is 24.3 Å². The van der Waals surface area contributed by atoms with E-state index < -0.39 is 40.0 Å². The number of carbonyl (C=O) groups is 2. The average molecular weight is 454 g/mol. The highest BCUT2D eigenvalue weighted by molar-refractivity contribution is 7.89. The maximum absolute atomic E-state index is 13.3. The number of amides is 2. The predicted octanol–water partition coefficient (Wildman–Crippen LogP) is 2.19. The topological polar surface area (TPSA) is 108 Å². The van der Waals surface area contributed by atoms with E-state index in [4.69, 9.17) is 0 Å². The van der Waals surface area contributed by atoms with E-state index in [1.54, 1.807) is 0 Å². The van der Waals surface area contributed by atoms with Crippen LogP contribution in [0.4, 0.5) is 13.9 Å². The lowest BCUT2D eigenvalue weighted by atomic mass is 10.2. The summed E-state index contributed by atoms with van der Waals surface area (Å²) in [6, 6.07) is 7.31. The van der Waals surface area contributed by atoms with E-state index in [0.717, 1.165) is 27.8 Å². The molecule has 3 rings (SSSR count). The van der Waals surface area contributed by atoms with Crippen molar-refractivity contribution in [1.29, 1.82) is 0 Å². The van der Waals surface area contributed by atoms with Gasteiger partial charge in [0.1, 0.15) is 0 Å². The van der Waals surface area contributed by atoms with Gasteiger partial charge in [0.05, 0.1) is 21.7 Å². The van der Waals surface area contributed by atoms with Gasteiger partial charge in [0.2, 0.25) is 15.9 Å². The van der Waals surface area contributed by atoms with Crippen molar-refractivity contribution in [3.8, 4) is 0 Å². The molecule has 0 fully saturated rings. The van der Waals surface area contributed by atoms with Gasteiger partial charge < -0.3 is 10.6 Å². The Morgan fingerprint density at radius 2 is 1.83 bits per heavy atom. The van der Waals surface area contributed by atoms with Crippen LogP contribution < -0.4 is 10.6 Å². The van der Waals surface area contributed by atoms with Crippen molar-refractivity contribution in [3.63, 3.8) is 0 Å². The summed E-state index contributed by atoms with van der Waals surface area (Å²) in [5, 5.41) is 4.93. The SMILES string of the molecule is CN(C)S(=O)(=O)c1cccc(C(=O)NCC(=O)Nc2nc3cc(F)c(F)cc3s2)c1. The van der Waals surface area contributed by atoms with Crippen molar-refractivity contribution in [3.05, 3.63) is 53.6 Å². The van der Waals surface area contributed by atoms with E-state index in [0.29, 0.717) is 4.70 Å². The van der Waals surface area contributed by atoms with Gasteiger partial charge in [-0.15, -0.1) is 0 Å². The molecule has 0 aliphatic heterocycles. The Hall–Kier alpha value is -2.96. The second-order valence-corrected chi connectivity index (χ2v) is 9.48. The lowest BCUT2D eigenvalue weighted by molar-refractivity contribution is -0.115. The Morgan fingerprint density at radius 1 is 1.13 bits per heavy atom. The fraction of sp³-hybridized carbons (Fsp3) is 0.167. The van der Waals surface area contributed by atoms with Crippen LogP contribution in [0, 0.1) is 11.6 Å². The highest BCUT2D eigenvalue weighted by Crippen LogP contribution is 2.27. The predicted molar refractivity (Wildman–Crippen MR) is 108 cm³/mol. The van der Waals surface area contributed by atoms with Crippen molar-refractivity contribution in [1.82, 2.24) is 14.6 Å². The lowest BCUT2D eigenvalue weighted by Crippen LogP contribution is -2.33. The van der Waals surface area contributed by atoms with Crippen molar-refractivity contribution in [2.75, 3.05) is 26.0 Å². The molecule has 0 radical (unpaired) electrons. The molecule has 0 spiro atoms. The van der Waals surface area contributed by atoms with Crippen molar-refractivity contribution in [2.24, 2.45) is 0 Å². The summed E-state index contributed by atoms with van der Waals surface area (Å²) < 4.78 is 52.2. The van der Waals surface area contributed by atoms with Gasteiger partial charge in [0.25, 0.3) is 5.91 Å². The van der Waals surface area contributed by atoms with Crippen molar-refractivity contribution in [2.45, 2.75) is 4.90 Å². The third kappa shape index (κ3) is 4.61. The number of aromatic nitrogens is 1. The number of hydrogen-bond donors (Lipinski definition) is 2. The molecule has 2 amide bonds. The zero-order valence-electron chi connectivity index (χ0n) is 15.8. The molecule has 2 N–H and O–H groups in total. The number of rotatable bonds is 6. The van der Waals surface area contributed by atoms with Crippen LogP contribution in [0.3, 0.4) is 0 Å². The van der Waals surface area contributed by atoms with Gasteiger partial charge in [0.15, 0.2) is 16.8 Å². The molecule has 1 aromatic heterocycles. The molecule has 0 atom stereocenters. The number of hydrogen-bond acceptors (Lipinski definition) is 6. The summed E-state index contributed by atoms with van der Waals surface area (Å²) >= 11 is 0.953. The van der Waals surface area contributed by atoms with Gasteiger partial charge in [-0.2, -0.15) is 0 Å². The first kappa shape index (κ1) is 21.7. The van der Waals surface area contributed by atoms with Crippen LogP contribution >= 0.6 is 11.3 Å². The number of fused-ring (bicyclic) bond motifs is 1. The Morgan fingerprint density at radius 3 is 2.53 bits per heavy atom. The molecule has 0 saturated heterocycles.